The molecular weight excluding hydrogens is 381 g/mol. The van der Waals surface area contributed by atoms with E-state index in [0.29, 0.717) is 19.3 Å². The zero-order valence-electron chi connectivity index (χ0n) is 15.5. The molecule has 0 saturated heterocycles. The summed E-state index contributed by atoms with van der Waals surface area (Å²) < 4.78 is 68.7. The maximum atomic E-state index is 13.3. The van der Waals surface area contributed by atoms with Gasteiger partial charge in [-0.1, -0.05) is 18.2 Å². The summed E-state index contributed by atoms with van der Waals surface area (Å²) >= 11 is 0. The number of alkyl halides is 5. The molecule has 0 atom stereocenters. The maximum absolute atomic E-state index is 13.3. The molecular formula is C19H22F5N3O. The summed E-state index contributed by atoms with van der Waals surface area (Å²) in [4.78, 5) is 12.4. The van der Waals surface area contributed by atoms with Gasteiger partial charge in [0.1, 0.15) is 5.82 Å². The fourth-order valence-electron chi connectivity index (χ4n) is 3.73. The first-order valence-corrected chi connectivity index (χ1v) is 9.22. The van der Waals surface area contributed by atoms with Gasteiger partial charge in [-0.3, -0.25) is 4.57 Å². The van der Waals surface area contributed by atoms with Gasteiger partial charge in [0, 0.05) is 32.9 Å². The summed E-state index contributed by atoms with van der Waals surface area (Å²) in [7, 11) is 1.44. The first-order chi connectivity index (χ1) is 13.1. The van der Waals surface area contributed by atoms with Gasteiger partial charge >= 0.3 is 11.9 Å². The van der Waals surface area contributed by atoms with Crippen molar-refractivity contribution >= 4 is 0 Å². The van der Waals surface area contributed by atoms with Gasteiger partial charge in [-0.25, -0.2) is 18.3 Å². The molecule has 4 nitrogen and oxygen atoms in total. The van der Waals surface area contributed by atoms with Crippen LogP contribution >= 0.6 is 0 Å². The van der Waals surface area contributed by atoms with Crippen molar-refractivity contribution in [2.75, 3.05) is 0 Å². The number of hydrogen-bond acceptors (Lipinski definition) is 2. The van der Waals surface area contributed by atoms with Gasteiger partial charge in [0.05, 0.1) is 5.56 Å². The lowest BCUT2D eigenvalue weighted by Crippen LogP contribution is -2.28. The van der Waals surface area contributed by atoms with E-state index in [1.165, 1.54) is 29.8 Å². The Morgan fingerprint density at radius 3 is 2.46 bits per heavy atom. The summed E-state index contributed by atoms with van der Waals surface area (Å²) in [6.07, 6.45) is -3.66. The van der Waals surface area contributed by atoms with E-state index in [2.05, 4.69) is 5.10 Å². The van der Waals surface area contributed by atoms with Crippen LogP contribution < -0.4 is 5.69 Å². The molecule has 3 rings (SSSR count). The molecule has 0 N–H and O–H groups in total. The normalized spacial score (nSPS) is 17.8. The Bertz CT molecular complexity index is 874. The first kappa shape index (κ1) is 20.5. The first-order valence-electron chi connectivity index (χ1n) is 9.22. The van der Waals surface area contributed by atoms with E-state index in [0.717, 1.165) is 10.7 Å². The number of hydrogen-bond donors (Lipinski definition) is 0. The topological polar surface area (TPSA) is 39.8 Å². The van der Waals surface area contributed by atoms with E-state index >= 15 is 0 Å². The summed E-state index contributed by atoms with van der Waals surface area (Å²) in [5, 5.41) is 4.10. The minimum Gasteiger partial charge on any atom is -0.279 e. The lowest BCUT2D eigenvalue weighted by Gasteiger charge is -2.28. The molecule has 1 fully saturated rings. The monoisotopic (exact) mass is 403 g/mol. The molecule has 0 unspecified atom stereocenters. The average molecular weight is 403 g/mol. The van der Waals surface area contributed by atoms with Crippen molar-refractivity contribution in [3.8, 4) is 0 Å². The zero-order valence-corrected chi connectivity index (χ0v) is 15.5. The number of nitrogens with zero attached hydrogens (tertiary/aromatic N) is 3. The fraction of sp³-hybridized carbons (Fsp3) is 0.579. The Morgan fingerprint density at radius 1 is 1.18 bits per heavy atom. The van der Waals surface area contributed by atoms with Crippen LogP contribution in [0.15, 0.2) is 29.1 Å². The summed E-state index contributed by atoms with van der Waals surface area (Å²) in [6, 6.07) is 5.20. The second-order valence-electron chi connectivity index (χ2n) is 7.39. The third-order valence-corrected chi connectivity index (χ3v) is 5.35. The highest BCUT2D eigenvalue weighted by Crippen LogP contribution is 2.37. The van der Waals surface area contributed by atoms with E-state index < -0.39 is 23.4 Å². The van der Waals surface area contributed by atoms with E-state index in [9.17, 15) is 26.7 Å². The molecule has 0 bridgehead atoms. The van der Waals surface area contributed by atoms with E-state index in [4.69, 9.17) is 0 Å². The van der Waals surface area contributed by atoms with E-state index in [1.807, 2.05) is 0 Å². The van der Waals surface area contributed by atoms with Crippen molar-refractivity contribution in [3.05, 3.63) is 51.7 Å². The van der Waals surface area contributed by atoms with Crippen molar-refractivity contribution in [2.24, 2.45) is 13.0 Å². The predicted octanol–water partition coefficient (Wildman–Crippen LogP) is 4.41. The van der Waals surface area contributed by atoms with Crippen molar-refractivity contribution < 1.29 is 22.0 Å². The molecule has 28 heavy (non-hydrogen) atoms. The zero-order chi connectivity index (χ0) is 20.5. The molecule has 9 heteroatoms. The second-order valence-corrected chi connectivity index (χ2v) is 7.39. The summed E-state index contributed by atoms with van der Waals surface area (Å²) in [5.74, 6) is -2.30. The van der Waals surface area contributed by atoms with E-state index in [-0.39, 0.29) is 43.1 Å². The summed E-state index contributed by atoms with van der Waals surface area (Å²) in [6.45, 7) is 0.256. The maximum Gasteiger partial charge on any atom is 0.416 e. The highest BCUT2D eigenvalue weighted by Gasteiger charge is 2.35. The molecule has 154 valence electrons. The van der Waals surface area contributed by atoms with Crippen LogP contribution in [0.4, 0.5) is 22.0 Å². The van der Waals surface area contributed by atoms with Crippen LogP contribution in [0.5, 0.6) is 0 Å². The van der Waals surface area contributed by atoms with E-state index in [1.54, 1.807) is 0 Å². The van der Waals surface area contributed by atoms with Gasteiger partial charge < -0.3 is 0 Å². The van der Waals surface area contributed by atoms with Crippen molar-refractivity contribution in [3.63, 3.8) is 0 Å². The molecule has 0 radical (unpaired) electrons. The molecule has 1 aliphatic rings. The minimum atomic E-state index is -4.50. The van der Waals surface area contributed by atoms with Crippen molar-refractivity contribution in [1.29, 1.82) is 0 Å². The number of benzene rings is 1. The highest BCUT2D eigenvalue weighted by atomic mass is 19.4. The average Bonchev–Trinajstić information content (AvgIpc) is 2.87. The Morgan fingerprint density at radius 2 is 1.82 bits per heavy atom. The van der Waals surface area contributed by atoms with Crippen LogP contribution in [0, 0.1) is 5.92 Å². The molecule has 1 aliphatic carbocycles. The fourth-order valence-corrected chi connectivity index (χ4v) is 3.73. The smallest absolute Gasteiger partial charge is 0.279 e. The van der Waals surface area contributed by atoms with Gasteiger partial charge in [0.15, 0.2) is 0 Å². The molecule has 0 spiro atoms. The Kier molecular flexibility index (Phi) is 5.63. The lowest BCUT2D eigenvalue weighted by molar-refractivity contribution is -0.138. The lowest BCUT2D eigenvalue weighted by atomic mass is 9.85. The molecule has 1 aromatic heterocycles. The van der Waals surface area contributed by atoms with Gasteiger partial charge in [0.25, 0.3) is 0 Å². The number of aryl methyl sites for hydroxylation is 1. The van der Waals surface area contributed by atoms with Gasteiger partial charge in [-0.05, 0) is 36.8 Å². The van der Waals surface area contributed by atoms with Crippen LogP contribution in [-0.2, 0) is 26.2 Å². The Hall–Kier alpha value is -2.19. The molecule has 1 saturated carbocycles. The van der Waals surface area contributed by atoms with Crippen LogP contribution in [0.3, 0.4) is 0 Å². The number of halogens is 5. The third kappa shape index (κ3) is 4.62. The number of aromatic nitrogens is 3. The Balaban J connectivity index is 1.78. The van der Waals surface area contributed by atoms with Crippen molar-refractivity contribution in [2.45, 2.75) is 57.2 Å². The van der Waals surface area contributed by atoms with Crippen molar-refractivity contribution in [1.82, 2.24) is 14.3 Å². The molecule has 2 aromatic rings. The predicted molar refractivity (Wildman–Crippen MR) is 93.2 cm³/mol. The second kappa shape index (κ2) is 7.67. The van der Waals surface area contributed by atoms with Gasteiger partial charge in [-0.15, -0.1) is 0 Å². The summed E-state index contributed by atoms with van der Waals surface area (Å²) in [5.41, 5.74) is -1.13. The standard InChI is InChI=1S/C19H22F5N3O/c1-26-17(28)27(11-8-13-6-9-18(20,21)10-7-13)16(25-26)12-14-4-2-3-5-15(14)19(22,23)24/h2-5,13H,6-12H2,1H3. The van der Waals surface area contributed by atoms with Crippen LogP contribution in [0.2, 0.25) is 0 Å². The van der Waals surface area contributed by atoms with Crippen LogP contribution in [-0.4, -0.2) is 20.3 Å². The van der Waals surface area contributed by atoms with Crippen LogP contribution in [0.1, 0.15) is 49.1 Å². The molecule has 0 aliphatic heterocycles. The molecule has 0 amide bonds. The molecule has 1 aromatic carbocycles. The van der Waals surface area contributed by atoms with Gasteiger partial charge in [0.2, 0.25) is 5.92 Å². The highest BCUT2D eigenvalue weighted by molar-refractivity contribution is 5.31. The van der Waals surface area contributed by atoms with Gasteiger partial charge in [-0.2, -0.15) is 18.3 Å². The quantitative estimate of drug-likeness (QED) is 0.694. The number of rotatable bonds is 5. The third-order valence-electron chi connectivity index (χ3n) is 5.35. The minimum absolute atomic E-state index is 0.0409. The largest absolute Gasteiger partial charge is 0.416 e. The Labute approximate surface area is 159 Å². The van der Waals surface area contributed by atoms with Crippen LogP contribution in [0.25, 0.3) is 0 Å². The molecule has 1 heterocycles. The SMILES string of the molecule is Cn1nc(Cc2ccccc2C(F)(F)F)n(CCC2CCC(F)(F)CC2)c1=O.